The fraction of sp³-hybridized carbons (Fsp3) is 0.320. The van der Waals surface area contributed by atoms with E-state index in [1.165, 1.54) is 18.2 Å². The molecule has 34 heavy (non-hydrogen) atoms. The van der Waals surface area contributed by atoms with Gasteiger partial charge in [0.05, 0.1) is 28.1 Å². The summed E-state index contributed by atoms with van der Waals surface area (Å²) >= 11 is 0. The van der Waals surface area contributed by atoms with Gasteiger partial charge < -0.3 is 10.1 Å². The van der Waals surface area contributed by atoms with Crippen LogP contribution in [0.1, 0.15) is 55.4 Å². The largest absolute Gasteiger partial charge is 0.388 e. The molecule has 0 saturated heterocycles. The molecule has 2 bridgehead atoms. The van der Waals surface area contributed by atoms with Gasteiger partial charge in [-0.3, -0.25) is 0 Å². The summed E-state index contributed by atoms with van der Waals surface area (Å²) in [5, 5.41) is 26.2. The number of rotatable bonds is 4. The predicted octanol–water partition coefficient (Wildman–Crippen LogP) is 4.30. The highest BCUT2D eigenvalue weighted by Gasteiger charge is 2.65. The van der Waals surface area contributed by atoms with Crippen LogP contribution in [0.25, 0.3) is 22.8 Å². The molecule has 0 aliphatic heterocycles. The Morgan fingerprint density at radius 1 is 1.00 bits per heavy atom. The minimum absolute atomic E-state index is 0.155. The standard InChI is InChI=1S/C25H22F2N6O/c1-24(2)14-9-10-25(24,19-8-4-7-17(28-19)23-29-20(12-34)31-33-23)22-13(14)11-18(30-32-22)21-15(26)5-3-6-16(21)27/h3-8,11,14,34H,9-10,12H2,1-2H3,(H,29,31,33)/t14-,25+/m0/s1. The van der Waals surface area contributed by atoms with Gasteiger partial charge in [-0.25, -0.2) is 13.8 Å². The first kappa shape index (κ1) is 21.0. The van der Waals surface area contributed by atoms with E-state index in [-0.39, 0.29) is 29.2 Å². The van der Waals surface area contributed by atoms with Crippen LogP contribution >= 0.6 is 0 Å². The first-order valence-electron chi connectivity index (χ1n) is 11.2. The Morgan fingerprint density at radius 3 is 2.50 bits per heavy atom. The van der Waals surface area contributed by atoms with Crippen molar-refractivity contribution in [3.8, 4) is 22.8 Å². The van der Waals surface area contributed by atoms with Crippen molar-refractivity contribution in [2.75, 3.05) is 0 Å². The Labute approximate surface area is 194 Å². The molecule has 0 spiro atoms. The molecule has 3 aromatic heterocycles. The first-order valence-corrected chi connectivity index (χ1v) is 11.2. The van der Waals surface area contributed by atoms with E-state index in [4.69, 9.17) is 4.98 Å². The maximum atomic E-state index is 14.5. The maximum absolute atomic E-state index is 14.5. The highest BCUT2D eigenvalue weighted by molar-refractivity contribution is 5.64. The number of pyridine rings is 1. The van der Waals surface area contributed by atoms with E-state index in [1.807, 2.05) is 18.2 Å². The number of fused-ring (bicyclic) bond motifs is 5. The highest BCUT2D eigenvalue weighted by Crippen LogP contribution is 2.69. The second-order valence-electron chi connectivity index (χ2n) is 9.53. The Balaban J connectivity index is 1.51. The molecule has 4 aromatic rings. The highest BCUT2D eigenvalue weighted by atomic mass is 19.1. The van der Waals surface area contributed by atoms with Crippen molar-refractivity contribution in [1.29, 1.82) is 0 Å². The second kappa shape index (κ2) is 7.20. The summed E-state index contributed by atoms with van der Waals surface area (Å²) in [6.45, 7) is 4.16. The molecule has 172 valence electrons. The summed E-state index contributed by atoms with van der Waals surface area (Å²) in [5.41, 5.74) is 2.56. The smallest absolute Gasteiger partial charge is 0.180 e. The topological polar surface area (TPSA) is 100 Å². The molecule has 1 saturated carbocycles. The van der Waals surface area contributed by atoms with E-state index in [1.54, 1.807) is 6.07 Å². The molecule has 0 unspecified atom stereocenters. The molecule has 0 amide bonds. The average Bonchev–Trinajstić information content (AvgIpc) is 3.47. The SMILES string of the molecule is CC1(C)[C@H]2CC[C@@]1(c1cccc(-c3nnc(CO)[nH]3)n1)c1nnc(-c3c(F)cccc3F)cc12. The lowest BCUT2D eigenvalue weighted by Crippen LogP contribution is -2.37. The lowest BCUT2D eigenvalue weighted by atomic mass is 9.66. The van der Waals surface area contributed by atoms with Gasteiger partial charge in [0.15, 0.2) is 11.6 Å². The third-order valence-electron chi connectivity index (χ3n) is 7.71. The van der Waals surface area contributed by atoms with Crippen LogP contribution in [-0.2, 0) is 12.0 Å². The van der Waals surface area contributed by atoms with Gasteiger partial charge in [0.1, 0.15) is 23.9 Å². The van der Waals surface area contributed by atoms with Crippen molar-refractivity contribution in [3.63, 3.8) is 0 Å². The summed E-state index contributed by atoms with van der Waals surface area (Å²) in [5.74, 6) is -0.315. The van der Waals surface area contributed by atoms with Crippen LogP contribution in [0.2, 0.25) is 0 Å². The molecule has 9 heteroatoms. The summed E-state index contributed by atoms with van der Waals surface area (Å²) in [4.78, 5) is 7.92. The number of hydrogen-bond donors (Lipinski definition) is 2. The van der Waals surface area contributed by atoms with Gasteiger partial charge in [0.25, 0.3) is 0 Å². The van der Waals surface area contributed by atoms with Crippen LogP contribution in [0.3, 0.4) is 0 Å². The molecule has 1 fully saturated rings. The van der Waals surface area contributed by atoms with E-state index in [9.17, 15) is 13.9 Å². The number of aliphatic hydroxyl groups is 1. The van der Waals surface area contributed by atoms with E-state index in [2.05, 4.69) is 39.2 Å². The van der Waals surface area contributed by atoms with E-state index < -0.39 is 17.0 Å². The number of nitrogens with one attached hydrogen (secondary N) is 1. The molecular formula is C25H22F2N6O. The van der Waals surface area contributed by atoms with Crippen LogP contribution in [-0.4, -0.2) is 35.5 Å². The molecule has 2 N–H and O–H groups in total. The van der Waals surface area contributed by atoms with Crippen LogP contribution in [0, 0.1) is 17.0 Å². The zero-order valence-corrected chi connectivity index (χ0v) is 18.7. The van der Waals surface area contributed by atoms with Crippen LogP contribution in [0.5, 0.6) is 0 Å². The van der Waals surface area contributed by atoms with Crippen LogP contribution < -0.4 is 0 Å². The minimum Gasteiger partial charge on any atom is -0.388 e. The first-order chi connectivity index (χ1) is 16.4. The number of benzene rings is 1. The van der Waals surface area contributed by atoms with E-state index in [0.29, 0.717) is 17.3 Å². The van der Waals surface area contributed by atoms with E-state index >= 15 is 0 Å². The van der Waals surface area contributed by atoms with Gasteiger partial charge in [-0.2, -0.15) is 5.10 Å². The molecule has 2 aliphatic carbocycles. The third kappa shape index (κ3) is 2.67. The molecule has 6 rings (SSSR count). The number of halogens is 2. The Kier molecular flexibility index (Phi) is 4.44. The lowest BCUT2D eigenvalue weighted by molar-refractivity contribution is 0.243. The van der Waals surface area contributed by atoms with Gasteiger partial charge in [0, 0.05) is 0 Å². The van der Waals surface area contributed by atoms with Crippen LogP contribution in [0.4, 0.5) is 8.78 Å². The van der Waals surface area contributed by atoms with Crippen molar-refractivity contribution in [2.45, 2.75) is 44.6 Å². The Bertz CT molecular complexity index is 1410. The third-order valence-corrected chi connectivity index (χ3v) is 7.71. The quantitative estimate of drug-likeness (QED) is 0.471. The molecular weight excluding hydrogens is 438 g/mol. The summed E-state index contributed by atoms with van der Waals surface area (Å²) in [7, 11) is 0. The number of aromatic nitrogens is 6. The molecule has 1 aromatic carbocycles. The Morgan fingerprint density at radius 2 is 1.76 bits per heavy atom. The predicted molar refractivity (Wildman–Crippen MR) is 119 cm³/mol. The zero-order chi connectivity index (χ0) is 23.7. The Hall–Kier alpha value is -3.59. The van der Waals surface area contributed by atoms with Gasteiger partial charge >= 0.3 is 0 Å². The van der Waals surface area contributed by atoms with E-state index in [0.717, 1.165) is 29.8 Å². The summed E-state index contributed by atoms with van der Waals surface area (Å²) < 4.78 is 28.9. The van der Waals surface area contributed by atoms with Gasteiger partial charge in [0.2, 0.25) is 0 Å². The number of H-pyrrole nitrogens is 1. The van der Waals surface area contributed by atoms with Gasteiger partial charge in [-0.05, 0) is 60.1 Å². The fourth-order valence-electron chi connectivity index (χ4n) is 6.04. The maximum Gasteiger partial charge on any atom is 0.180 e. The van der Waals surface area contributed by atoms with Crippen molar-refractivity contribution < 1.29 is 13.9 Å². The van der Waals surface area contributed by atoms with Crippen molar-refractivity contribution in [1.82, 2.24) is 30.4 Å². The monoisotopic (exact) mass is 460 g/mol. The van der Waals surface area contributed by atoms with Crippen molar-refractivity contribution in [3.05, 3.63) is 76.9 Å². The normalized spacial score (nSPS) is 22.2. The molecule has 3 heterocycles. The van der Waals surface area contributed by atoms with Gasteiger partial charge in [-0.1, -0.05) is 26.0 Å². The van der Waals surface area contributed by atoms with Crippen molar-refractivity contribution >= 4 is 0 Å². The average molecular weight is 460 g/mol. The number of aromatic amines is 1. The van der Waals surface area contributed by atoms with Crippen LogP contribution in [0.15, 0.2) is 42.5 Å². The molecule has 2 aliphatic rings. The second-order valence-corrected chi connectivity index (χ2v) is 9.53. The number of nitrogens with zero attached hydrogens (tertiary/aromatic N) is 5. The lowest BCUT2D eigenvalue weighted by Gasteiger charge is -2.37. The fourth-order valence-corrected chi connectivity index (χ4v) is 6.04. The minimum atomic E-state index is -0.657. The number of hydrogen-bond acceptors (Lipinski definition) is 6. The molecule has 0 radical (unpaired) electrons. The summed E-state index contributed by atoms with van der Waals surface area (Å²) in [6, 6.07) is 11.3. The van der Waals surface area contributed by atoms with Crippen molar-refractivity contribution in [2.24, 2.45) is 5.41 Å². The van der Waals surface area contributed by atoms with Gasteiger partial charge in [-0.15, -0.1) is 15.3 Å². The zero-order valence-electron chi connectivity index (χ0n) is 18.7. The number of aliphatic hydroxyl groups excluding tert-OH is 1. The molecule has 2 atom stereocenters. The summed E-state index contributed by atoms with van der Waals surface area (Å²) in [6.07, 6.45) is 1.75. The molecule has 7 nitrogen and oxygen atoms in total.